The van der Waals surface area contributed by atoms with E-state index in [-0.39, 0.29) is 6.04 Å². The molecule has 1 aromatic heterocycles. The van der Waals surface area contributed by atoms with E-state index in [9.17, 15) is 4.79 Å². The molecule has 1 amide bonds. The summed E-state index contributed by atoms with van der Waals surface area (Å²) >= 11 is 0. The van der Waals surface area contributed by atoms with Crippen molar-refractivity contribution in [1.29, 1.82) is 0 Å². The van der Waals surface area contributed by atoms with Crippen LogP contribution in [0, 0.1) is 0 Å². The van der Waals surface area contributed by atoms with E-state index in [2.05, 4.69) is 22.9 Å². The van der Waals surface area contributed by atoms with Crippen molar-refractivity contribution in [2.45, 2.75) is 13.0 Å². The van der Waals surface area contributed by atoms with Gasteiger partial charge in [0.15, 0.2) is 5.75 Å². The van der Waals surface area contributed by atoms with Gasteiger partial charge in [0.05, 0.1) is 13.2 Å². The SMILES string of the molecule is CC(c1cc(OC(=O)N(C)C)c2ncccc2c1)N1CCOCC1. The van der Waals surface area contributed by atoms with E-state index in [1.807, 2.05) is 18.2 Å². The van der Waals surface area contributed by atoms with E-state index in [4.69, 9.17) is 9.47 Å². The lowest BCUT2D eigenvalue weighted by Crippen LogP contribution is -2.38. The minimum Gasteiger partial charge on any atom is -0.408 e. The van der Waals surface area contributed by atoms with Crippen molar-refractivity contribution in [3.8, 4) is 5.75 Å². The zero-order valence-electron chi connectivity index (χ0n) is 14.4. The molecule has 6 heteroatoms. The van der Waals surface area contributed by atoms with Crippen molar-refractivity contribution < 1.29 is 14.3 Å². The molecule has 0 N–H and O–H groups in total. The molecule has 1 aromatic carbocycles. The number of carbonyl (C=O) groups is 1. The molecule has 6 nitrogen and oxygen atoms in total. The Labute approximate surface area is 142 Å². The monoisotopic (exact) mass is 329 g/mol. The average molecular weight is 329 g/mol. The van der Waals surface area contributed by atoms with Crippen molar-refractivity contribution in [2.24, 2.45) is 0 Å². The number of fused-ring (bicyclic) bond motifs is 1. The molecule has 0 spiro atoms. The van der Waals surface area contributed by atoms with Crippen molar-refractivity contribution in [2.75, 3.05) is 40.4 Å². The van der Waals surface area contributed by atoms with E-state index in [1.54, 1.807) is 20.3 Å². The van der Waals surface area contributed by atoms with E-state index in [0.29, 0.717) is 11.3 Å². The highest BCUT2D eigenvalue weighted by Gasteiger charge is 2.21. The van der Waals surface area contributed by atoms with E-state index >= 15 is 0 Å². The first-order valence-corrected chi connectivity index (χ1v) is 8.16. The number of hydrogen-bond donors (Lipinski definition) is 0. The maximum atomic E-state index is 12.0. The third-order valence-corrected chi connectivity index (χ3v) is 4.33. The summed E-state index contributed by atoms with van der Waals surface area (Å²) in [7, 11) is 3.33. The van der Waals surface area contributed by atoms with Crippen molar-refractivity contribution in [3.05, 3.63) is 36.0 Å². The van der Waals surface area contributed by atoms with Crippen molar-refractivity contribution in [1.82, 2.24) is 14.8 Å². The van der Waals surface area contributed by atoms with Crippen LogP contribution in [0.5, 0.6) is 5.75 Å². The van der Waals surface area contributed by atoms with E-state index in [0.717, 1.165) is 37.3 Å². The lowest BCUT2D eigenvalue weighted by Gasteiger charge is -2.32. The van der Waals surface area contributed by atoms with Crippen molar-refractivity contribution in [3.63, 3.8) is 0 Å². The molecule has 1 aliphatic rings. The van der Waals surface area contributed by atoms with Gasteiger partial charge < -0.3 is 14.4 Å². The molecular weight excluding hydrogens is 306 g/mol. The van der Waals surface area contributed by atoms with Gasteiger partial charge in [-0.1, -0.05) is 6.07 Å². The number of amides is 1. The zero-order valence-corrected chi connectivity index (χ0v) is 14.4. The van der Waals surface area contributed by atoms with Crippen LogP contribution in [0.15, 0.2) is 30.5 Å². The highest BCUT2D eigenvalue weighted by atomic mass is 16.6. The first kappa shape index (κ1) is 16.7. The second-order valence-electron chi connectivity index (χ2n) is 6.18. The van der Waals surface area contributed by atoms with Crippen LogP contribution in [0.25, 0.3) is 10.9 Å². The maximum absolute atomic E-state index is 12.0. The molecule has 1 atom stereocenters. The van der Waals surface area contributed by atoms with Crippen LogP contribution in [0.4, 0.5) is 4.79 Å². The number of carbonyl (C=O) groups excluding carboxylic acids is 1. The third kappa shape index (κ3) is 3.49. The van der Waals surface area contributed by atoms with Crippen molar-refractivity contribution >= 4 is 17.0 Å². The summed E-state index contributed by atoms with van der Waals surface area (Å²) < 4.78 is 11.0. The Morgan fingerprint density at radius 3 is 2.79 bits per heavy atom. The average Bonchev–Trinajstić information content (AvgIpc) is 2.61. The van der Waals surface area contributed by atoms with Gasteiger partial charge in [-0.05, 0) is 30.7 Å². The van der Waals surface area contributed by atoms with Gasteiger partial charge in [0, 0.05) is 44.8 Å². The quantitative estimate of drug-likeness (QED) is 0.866. The normalized spacial score (nSPS) is 16.8. The molecule has 0 bridgehead atoms. The lowest BCUT2D eigenvalue weighted by molar-refractivity contribution is 0.0198. The number of aromatic nitrogens is 1. The summed E-state index contributed by atoms with van der Waals surface area (Å²) in [5.74, 6) is 0.502. The first-order chi connectivity index (χ1) is 11.6. The predicted molar refractivity (Wildman–Crippen MR) is 92.3 cm³/mol. The van der Waals surface area contributed by atoms with Crippen LogP contribution >= 0.6 is 0 Å². The number of rotatable bonds is 3. The summed E-state index contributed by atoms with van der Waals surface area (Å²) in [5.41, 5.74) is 1.81. The number of nitrogens with zero attached hydrogens (tertiary/aromatic N) is 3. The molecule has 0 saturated carbocycles. The van der Waals surface area contributed by atoms with Gasteiger partial charge in [-0.15, -0.1) is 0 Å². The molecule has 1 aliphatic heterocycles. The minimum absolute atomic E-state index is 0.218. The molecule has 0 aliphatic carbocycles. The van der Waals surface area contributed by atoms with Crippen LogP contribution in [0.2, 0.25) is 0 Å². The highest BCUT2D eigenvalue weighted by molar-refractivity contribution is 5.87. The number of ether oxygens (including phenoxy) is 2. The molecule has 2 aromatic rings. The molecule has 1 saturated heterocycles. The van der Waals surface area contributed by atoms with Crippen LogP contribution in [-0.4, -0.2) is 61.3 Å². The predicted octanol–water partition coefficient (Wildman–Crippen LogP) is 2.69. The summed E-state index contributed by atoms with van der Waals surface area (Å²) in [6.45, 7) is 5.47. The molecule has 24 heavy (non-hydrogen) atoms. The fourth-order valence-corrected chi connectivity index (χ4v) is 2.86. The molecule has 0 radical (unpaired) electrons. The molecule has 1 unspecified atom stereocenters. The Kier molecular flexibility index (Phi) is 4.97. The molecule has 128 valence electrons. The minimum atomic E-state index is -0.405. The van der Waals surface area contributed by atoms with Crippen LogP contribution < -0.4 is 4.74 Å². The summed E-state index contributed by atoms with van der Waals surface area (Å²) in [6, 6.07) is 8.15. The molecule has 2 heterocycles. The van der Waals surface area contributed by atoms with Gasteiger partial charge >= 0.3 is 6.09 Å². The highest BCUT2D eigenvalue weighted by Crippen LogP contribution is 2.31. The van der Waals surface area contributed by atoms with E-state index in [1.165, 1.54) is 4.90 Å². The Hall–Kier alpha value is -2.18. The maximum Gasteiger partial charge on any atom is 0.414 e. The number of hydrogen-bond acceptors (Lipinski definition) is 5. The Balaban J connectivity index is 1.97. The van der Waals surface area contributed by atoms with Gasteiger partial charge in [0.1, 0.15) is 5.52 Å². The smallest absolute Gasteiger partial charge is 0.408 e. The second kappa shape index (κ2) is 7.15. The molecule has 3 rings (SSSR count). The van der Waals surface area contributed by atoms with Gasteiger partial charge in [-0.2, -0.15) is 0 Å². The van der Waals surface area contributed by atoms with Gasteiger partial charge in [-0.25, -0.2) is 4.79 Å². The largest absolute Gasteiger partial charge is 0.414 e. The molecule has 1 fully saturated rings. The fourth-order valence-electron chi connectivity index (χ4n) is 2.86. The van der Waals surface area contributed by atoms with Gasteiger partial charge in [0.2, 0.25) is 0 Å². The number of morpholine rings is 1. The Morgan fingerprint density at radius 2 is 2.08 bits per heavy atom. The summed E-state index contributed by atoms with van der Waals surface area (Å²) in [4.78, 5) is 20.1. The van der Waals surface area contributed by atoms with E-state index < -0.39 is 6.09 Å². The fraction of sp³-hybridized carbons (Fsp3) is 0.444. The van der Waals surface area contributed by atoms with Gasteiger partial charge in [0.25, 0.3) is 0 Å². The van der Waals surface area contributed by atoms with Crippen LogP contribution in [0.3, 0.4) is 0 Å². The van der Waals surface area contributed by atoms with Crippen LogP contribution in [-0.2, 0) is 4.74 Å². The van der Waals surface area contributed by atoms with Crippen LogP contribution in [0.1, 0.15) is 18.5 Å². The topological polar surface area (TPSA) is 54.9 Å². The second-order valence-corrected chi connectivity index (χ2v) is 6.18. The molecular formula is C18H23N3O3. The number of benzene rings is 1. The summed E-state index contributed by atoms with van der Waals surface area (Å²) in [5, 5.41) is 0.969. The first-order valence-electron chi connectivity index (χ1n) is 8.16. The Bertz CT molecular complexity index is 727. The Morgan fingerprint density at radius 1 is 1.33 bits per heavy atom. The zero-order chi connectivity index (χ0) is 17.1. The third-order valence-electron chi connectivity index (χ3n) is 4.33. The standard InChI is InChI=1S/C18H23N3O3/c1-13(21-7-9-23-10-8-21)15-11-14-5-4-6-19-17(14)16(12-15)24-18(22)20(2)3/h4-6,11-13H,7-10H2,1-3H3. The number of pyridine rings is 1. The van der Waals surface area contributed by atoms with Gasteiger partial charge in [-0.3, -0.25) is 9.88 Å². The lowest BCUT2D eigenvalue weighted by atomic mass is 10.0. The summed E-state index contributed by atoms with van der Waals surface area (Å²) in [6.07, 6.45) is 1.30.